The van der Waals surface area contributed by atoms with E-state index in [4.69, 9.17) is 5.73 Å². The van der Waals surface area contributed by atoms with Crippen molar-refractivity contribution in [2.75, 3.05) is 26.2 Å². The third-order valence-electron chi connectivity index (χ3n) is 5.46. The Morgan fingerprint density at radius 3 is 2.40 bits per heavy atom. The van der Waals surface area contributed by atoms with Crippen molar-refractivity contribution in [1.82, 2.24) is 10.2 Å². The van der Waals surface area contributed by atoms with Crippen LogP contribution >= 0.6 is 0 Å². The third-order valence-corrected chi connectivity index (χ3v) is 5.46. The van der Waals surface area contributed by atoms with Crippen LogP contribution in [-0.4, -0.2) is 42.5 Å². The van der Waals surface area contributed by atoms with Gasteiger partial charge in [-0.2, -0.15) is 0 Å². The SMILES string of the molecule is CC1(C)CCN(CCNC(=O)C2(N)CCCC2(C)C)C1. The van der Waals surface area contributed by atoms with Crippen LogP contribution in [0.4, 0.5) is 0 Å². The highest BCUT2D eigenvalue weighted by molar-refractivity contribution is 5.87. The lowest BCUT2D eigenvalue weighted by Crippen LogP contribution is -2.60. The molecule has 1 heterocycles. The van der Waals surface area contributed by atoms with Crippen molar-refractivity contribution in [3.05, 3.63) is 0 Å². The second kappa shape index (κ2) is 5.30. The van der Waals surface area contributed by atoms with Gasteiger partial charge in [-0.05, 0) is 36.6 Å². The molecule has 2 aliphatic rings. The molecule has 4 nitrogen and oxygen atoms in total. The molecule has 1 aliphatic heterocycles. The summed E-state index contributed by atoms with van der Waals surface area (Å²) in [6.45, 7) is 12.8. The first kappa shape index (κ1) is 15.8. The van der Waals surface area contributed by atoms with Gasteiger partial charge < -0.3 is 16.0 Å². The monoisotopic (exact) mass is 281 g/mol. The summed E-state index contributed by atoms with van der Waals surface area (Å²) in [5, 5.41) is 3.07. The third kappa shape index (κ3) is 3.01. The molecule has 1 unspecified atom stereocenters. The van der Waals surface area contributed by atoms with Gasteiger partial charge in [-0.15, -0.1) is 0 Å². The molecule has 0 aromatic carbocycles. The van der Waals surface area contributed by atoms with Gasteiger partial charge in [0.15, 0.2) is 0 Å². The number of carbonyl (C=O) groups excluding carboxylic acids is 1. The molecule has 2 fully saturated rings. The zero-order valence-electron chi connectivity index (χ0n) is 13.6. The van der Waals surface area contributed by atoms with E-state index in [1.165, 1.54) is 6.42 Å². The summed E-state index contributed by atoms with van der Waals surface area (Å²) in [5.41, 5.74) is 6.04. The highest BCUT2D eigenvalue weighted by atomic mass is 16.2. The van der Waals surface area contributed by atoms with Crippen LogP contribution in [0.1, 0.15) is 53.4 Å². The normalized spacial score (nSPS) is 32.5. The van der Waals surface area contributed by atoms with Crippen LogP contribution in [0.25, 0.3) is 0 Å². The smallest absolute Gasteiger partial charge is 0.240 e. The van der Waals surface area contributed by atoms with Crippen LogP contribution in [0, 0.1) is 10.8 Å². The summed E-state index contributed by atoms with van der Waals surface area (Å²) in [6, 6.07) is 0. The molecule has 1 saturated carbocycles. The zero-order chi connectivity index (χ0) is 15.0. The van der Waals surface area contributed by atoms with E-state index in [1.807, 2.05) is 0 Å². The Morgan fingerprint density at radius 1 is 1.20 bits per heavy atom. The minimum atomic E-state index is -0.683. The molecule has 0 aromatic rings. The number of nitrogens with zero attached hydrogens (tertiary/aromatic N) is 1. The van der Waals surface area contributed by atoms with E-state index in [2.05, 4.69) is 37.9 Å². The molecule has 1 aliphatic carbocycles. The van der Waals surface area contributed by atoms with Gasteiger partial charge in [0, 0.05) is 19.6 Å². The maximum Gasteiger partial charge on any atom is 0.240 e. The predicted molar refractivity (Wildman–Crippen MR) is 82.4 cm³/mol. The Labute approximate surface area is 123 Å². The fourth-order valence-corrected chi connectivity index (χ4v) is 3.69. The molecular formula is C16H31N3O. The Hall–Kier alpha value is -0.610. The molecule has 0 spiro atoms. The minimum absolute atomic E-state index is 0.0402. The Bertz CT molecular complexity index is 378. The Kier molecular flexibility index (Phi) is 4.18. The molecule has 0 aromatic heterocycles. The number of nitrogens with two attached hydrogens (primary N) is 1. The van der Waals surface area contributed by atoms with Crippen molar-refractivity contribution < 1.29 is 4.79 Å². The molecular weight excluding hydrogens is 250 g/mol. The maximum absolute atomic E-state index is 12.4. The van der Waals surface area contributed by atoms with E-state index in [-0.39, 0.29) is 11.3 Å². The first-order chi connectivity index (χ1) is 9.16. The highest BCUT2D eigenvalue weighted by Crippen LogP contribution is 2.44. The van der Waals surface area contributed by atoms with Crippen molar-refractivity contribution in [3.8, 4) is 0 Å². The van der Waals surface area contributed by atoms with Crippen LogP contribution in [0.15, 0.2) is 0 Å². The summed E-state index contributed by atoms with van der Waals surface area (Å²) in [5.74, 6) is 0.0402. The number of likely N-dealkylation sites (tertiary alicyclic amines) is 1. The van der Waals surface area contributed by atoms with Gasteiger partial charge >= 0.3 is 0 Å². The number of hydrogen-bond donors (Lipinski definition) is 2. The fraction of sp³-hybridized carbons (Fsp3) is 0.938. The maximum atomic E-state index is 12.4. The van der Waals surface area contributed by atoms with Crippen molar-refractivity contribution in [3.63, 3.8) is 0 Å². The average molecular weight is 281 g/mol. The zero-order valence-corrected chi connectivity index (χ0v) is 13.6. The topological polar surface area (TPSA) is 58.4 Å². The molecule has 2 rings (SSSR count). The van der Waals surface area contributed by atoms with Gasteiger partial charge in [-0.25, -0.2) is 0 Å². The van der Waals surface area contributed by atoms with Gasteiger partial charge in [0.2, 0.25) is 5.91 Å². The lowest BCUT2D eigenvalue weighted by molar-refractivity contribution is -0.129. The van der Waals surface area contributed by atoms with Crippen LogP contribution in [0.5, 0.6) is 0 Å². The fourth-order valence-electron chi connectivity index (χ4n) is 3.69. The van der Waals surface area contributed by atoms with E-state index in [9.17, 15) is 4.79 Å². The Morgan fingerprint density at radius 2 is 1.90 bits per heavy atom. The van der Waals surface area contributed by atoms with E-state index >= 15 is 0 Å². The largest absolute Gasteiger partial charge is 0.353 e. The minimum Gasteiger partial charge on any atom is -0.353 e. The number of rotatable bonds is 4. The van der Waals surface area contributed by atoms with Gasteiger partial charge in [0.1, 0.15) is 5.54 Å². The van der Waals surface area contributed by atoms with Gasteiger partial charge in [0.25, 0.3) is 0 Å². The molecule has 0 radical (unpaired) electrons. The molecule has 1 atom stereocenters. The number of amides is 1. The van der Waals surface area contributed by atoms with E-state index < -0.39 is 5.54 Å². The number of carbonyl (C=O) groups is 1. The molecule has 1 saturated heterocycles. The molecule has 3 N–H and O–H groups in total. The molecule has 116 valence electrons. The van der Waals surface area contributed by atoms with Crippen LogP contribution < -0.4 is 11.1 Å². The number of nitrogens with one attached hydrogen (secondary N) is 1. The molecule has 0 bridgehead atoms. The van der Waals surface area contributed by atoms with Gasteiger partial charge in [0.05, 0.1) is 0 Å². The first-order valence-electron chi connectivity index (χ1n) is 7.96. The van der Waals surface area contributed by atoms with E-state index in [0.29, 0.717) is 12.0 Å². The lowest BCUT2D eigenvalue weighted by atomic mass is 9.75. The summed E-state index contributed by atoms with van der Waals surface area (Å²) < 4.78 is 0. The molecule has 1 amide bonds. The summed E-state index contributed by atoms with van der Waals surface area (Å²) >= 11 is 0. The van der Waals surface area contributed by atoms with Crippen molar-refractivity contribution in [2.45, 2.75) is 58.9 Å². The highest BCUT2D eigenvalue weighted by Gasteiger charge is 2.51. The Balaban J connectivity index is 1.79. The average Bonchev–Trinajstić information content (AvgIpc) is 2.80. The van der Waals surface area contributed by atoms with Gasteiger partial charge in [-0.3, -0.25) is 4.79 Å². The summed E-state index contributed by atoms with van der Waals surface area (Å²) in [6.07, 6.45) is 4.14. The van der Waals surface area contributed by atoms with Crippen LogP contribution in [-0.2, 0) is 4.79 Å². The summed E-state index contributed by atoms with van der Waals surface area (Å²) in [4.78, 5) is 14.9. The predicted octanol–water partition coefficient (Wildman–Crippen LogP) is 1.74. The first-order valence-corrected chi connectivity index (χ1v) is 7.96. The van der Waals surface area contributed by atoms with Crippen LogP contribution in [0.3, 0.4) is 0 Å². The number of hydrogen-bond acceptors (Lipinski definition) is 3. The van der Waals surface area contributed by atoms with Crippen molar-refractivity contribution >= 4 is 5.91 Å². The molecule has 4 heteroatoms. The summed E-state index contributed by atoms with van der Waals surface area (Å²) in [7, 11) is 0. The second-order valence-corrected chi connectivity index (χ2v) is 8.16. The standard InChI is InChI=1S/C16H31N3O/c1-14(2)8-10-19(12-14)11-9-18-13(20)16(17)7-5-6-15(16,3)4/h5-12,17H2,1-4H3,(H,18,20). The van der Waals surface area contributed by atoms with E-state index in [0.717, 1.165) is 38.9 Å². The lowest BCUT2D eigenvalue weighted by Gasteiger charge is -2.36. The van der Waals surface area contributed by atoms with Crippen LogP contribution in [0.2, 0.25) is 0 Å². The van der Waals surface area contributed by atoms with Crippen molar-refractivity contribution in [1.29, 1.82) is 0 Å². The van der Waals surface area contributed by atoms with Gasteiger partial charge in [-0.1, -0.05) is 34.1 Å². The molecule has 20 heavy (non-hydrogen) atoms. The quantitative estimate of drug-likeness (QED) is 0.825. The van der Waals surface area contributed by atoms with Crippen molar-refractivity contribution in [2.24, 2.45) is 16.6 Å². The second-order valence-electron chi connectivity index (χ2n) is 8.16. The van der Waals surface area contributed by atoms with E-state index in [1.54, 1.807) is 0 Å².